The molecule has 1 amide bonds. The van der Waals surface area contributed by atoms with Crippen molar-refractivity contribution < 1.29 is 14.3 Å². The van der Waals surface area contributed by atoms with E-state index in [4.69, 9.17) is 0 Å². The molecule has 1 aromatic carbocycles. The summed E-state index contributed by atoms with van der Waals surface area (Å²) in [5, 5.41) is 8.42. The monoisotopic (exact) mass is 343 g/mol. The fourth-order valence-electron chi connectivity index (χ4n) is 1.86. The van der Waals surface area contributed by atoms with Crippen molar-refractivity contribution in [1.82, 2.24) is 4.90 Å². The molecule has 0 radical (unpaired) electrons. The summed E-state index contributed by atoms with van der Waals surface area (Å²) in [5.74, 6) is -0.876. The SMILES string of the molecule is C/C=C/C=N/N=C1\S/C(=C\C(=O)OC)C(=O)N1Cc1ccccc1. The van der Waals surface area contributed by atoms with Crippen LogP contribution in [0, 0.1) is 0 Å². The molecule has 0 N–H and O–H groups in total. The van der Waals surface area contributed by atoms with E-state index in [1.165, 1.54) is 24.3 Å². The van der Waals surface area contributed by atoms with Crippen molar-refractivity contribution in [3.05, 3.63) is 59.0 Å². The molecule has 24 heavy (non-hydrogen) atoms. The van der Waals surface area contributed by atoms with Gasteiger partial charge in [0.1, 0.15) is 0 Å². The number of thioether (sulfide) groups is 1. The highest BCUT2D eigenvalue weighted by molar-refractivity contribution is 8.18. The summed E-state index contributed by atoms with van der Waals surface area (Å²) < 4.78 is 4.58. The highest BCUT2D eigenvalue weighted by Crippen LogP contribution is 2.32. The van der Waals surface area contributed by atoms with Crippen LogP contribution in [0.3, 0.4) is 0 Å². The van der Waals surface area contributed by atoms with E-state index in [-0.39, 0.29) is 10.8 Å². The normalized spacial score (nSPS) is 18.4. The van der Waals surface area contributed by atoms with E-state index in [0.717, 1.165) is 17.3 Å². The van der Waals surface area contributed by atoms with E-state index >= 15 is 0 Å². The number of carbonyl (C=O) groups excluding carboxylic acids is 2. The average molecular weight is 343 g/mol. The fraction of sp³-hybridized carbons (Fsp3) is 0.176. The number of hydrogen-bond acceptors (Lipinski definition) is 6. The van der Waals surface area contributed by atoms with Gasteiger partial charge >= 0.3 is 5.97 Å². The number of carbonyl (C=O) groups is 2. The van der Waals surface area contributed by atoms with Crippen LogP contribution in [0.25, 0.3) is 0 Å². The number of nitrogens with zero attached hydrogens (tertiary/aromatic N) is 3. The maximum atomic E-state index is 12.5. The Balaban J connectivity index is 2.29. The molecule has 1 aromatic rings. The van der Waals surface area contributed by atoms with Gasteiger partial charge < -0.3 is 4.74 Å². The third kappa shape index (κ3) is 4.66. The molecule has 1 saturated heterocycles. The van der Waals surface area contributed by atoms with Crippen LogP contribution >= 0.6 is 11.8 Å². The molecule has 7 heteroatoms. The van der Waals surface area contributed by atoms with E-state index < -0.39 is 5.97 Å². The van der Waals surface area contributed by atoms with Gasteiger partial charge in [-0.2, -0.15) is 5.10 Å². The lowest BCUT2D eigenvalue weighted by molar-refractivity contribution is -0.135. The first-order valence-corrected chi connectivity index (χ1v) is 8.03. The first-order valence-electron chi connectivity index (χ1n) is 7.21. The van der Waals surface area contributed by atoms with Crippen molar-refractivity contribution in [3.8, 4) is 0 Å². The molecule has 1 aliphatic heterocycles. The second-order valence-corrected chi connectivity index (χ2v) is 5.69. The Morgan fingerprint density at radius 2 is 2.08 bits per heavy atom. The Labute approximate surface area is 144 Å². The minimum absolute atomic E-state index is 0.262. The molecule has 2 rings (SSSR count). The first kappa shape index (κ1) is 17.7. The summed E-state index contributed by atoms with van der Waals surface area (Å²) in [7, 11) is 1.27. The molecule has 0 unspecified atom stereocenters. The van der Waals surface area contributed by atoms with Gasteiger partial charge in [-0.1, -0.05) is 36.4 Å². The van der Waals surface area contributed by atoms with E-state index in [0.29, 0.717) is 11.7 Å². The maximum Gasteiger partial charge on any atom is 0.331 e. The molecule has 0 saturated carbocycles. The van der Waals surface area contributed by atoms with Crippen LogP contribution in [-0.4, -0.2) is 35.3 Å². The van der Waals surface area contributed by atoms with Crippen molar-refractivity contribution >= 4 is 35.0 Å². The highest BCUT2D eigenvalue weighted by atomic mass is 32.2. The third-order valence-electron chi connectivity index (χ3n) is 3.01. The molecule has 0 spiro atoms. The van der Waals surface area contributed by atoms with Crippen LogP contribution in [0.4, 0.5) is 0 Å². The number of amides is 1. The summed E-state index contributed by atoms with van der Waals surface area (Å²) in [5.41, 5.74) is 0.955. The van der Waals surface area contributed by atoms with Crippen LogP contribution < -0.4 is 0 Å². The fourth-order valence-corrected chi connectivity index (χ4v) is 2.76. The van der Waals surface area contributed by atoms with Crippen LogP contribution in [0.5, 0.6) is 0 Å². The highest BCUT2D eigenvalue weighted by Gasteiger charge is 2.34. The quantitative estimate of drug-likeness (QED) is 0.357. The topological polar surface area (TPSA) is 71.3 Å². The first-order chi connectivity index (χ1) is 11.7. The summed E-state index contributed by atoms with van der Waals surface area (Å²) >= 11 is 1.10. The van der Waals surface area contributed by atoms with Gasteiger partial charge in [0, 0.05) is 12.3 Å². The van der Waals surface area contributed by atoms with Crippen LogP contribution in [0.15, 0.2) is 63.7 Å². The predicted octanol–water partition coefficient (Wildman–Crippen LogP) is 2.74. The summed E-state index contributed by atoms with van der Waals surface area (Å²) in [6.07, 6.45) is 6.25. The van der Waals surface area contributed by atoms with E-state index in [1.807, 2.05) is 43.3 Å². The van der Waals surface area contributed by atoms with Crippen molar-refractivity contribution in [2.24, 2.45) is 10.2 Å². The lowest BCUT2D eigenvalue weighted by Crippen LogP contribution is -2.28. The lowest BCUT2D eigenvalue weighted by atomic mass is 10.2. The third-order valence-corrected chi connectivity index (χ3v) is 4.01. The maximum absolute atomic E-state index is 12.5. The summed E-state index contributed by atoms with van der Waals surface area (Å²) in [6, 6.07) is 9.54. The second kappa shape index (κ2) is 8.83. The number of amidine groups is 1. The molecule has 124 valence electrons. The number of benzene rings is 1. The van der Waals surface area contributed by atoms with E-state index in [9.17, 15) is 9.59 Å². The van der Waals surface area contributed by atoms with Crippen LogP contribution in [-0.2, 0) is 20.9 Å². The minimum atomic E-state index is -0.579. The average Bonchev–Trinajstić information content (AvgIpc) is 2.88. The minimum Gasteiger partial charge on any atom is -0.466 e. The number of allylic oxidation sites excluding steroid dienone is 2. The summed E-state index contributed by atoms with van der Waals surface area (Å²) in [4.78, 5) is 25.7. The second-order valence-electron chi connectivity index (χ2n) is 4.68. The molecule has 0 aliphatic carbocycles. The van der Waals surface area contributed by atoms with Gasteiger partial charge in [-0.3, -0.25) is 9.69 Å². The van der Waals surface area contributed by atoms with Gasteiger partial charge in [0.2, 0.25) is 0 Å². The Bertz CT molecular complexity index is 724. The predicted molar refractivity (Wildman–Crippen MR) is 95.4 cm³/mol. The Morgan fingerprint density at radius 1 is 1.33 bits per heavy atom. The number of rotatable bonds is 5. The number of ether oxygens (including phenoxy) is 1. The van der Waals surface area contributed by atoms with Gasteiger partial charge in [-0.25, -0.2) is 4.79 Å². The Morgan fingerprint density at radius 3 is 2.75 bits per heavy atom. The van der Waals surface area contributed by atoms with Crippen molar-refractivity contribution in [2.45, 2.75) is 13.5 Å². The molecule has 6 nitrogen and oxygen atoms in total. The molecule has 1 aliphatic rings. The molecule has 0 aromatic heterocycles. The van der Waals surface area contributed by atoms with E-state index in [2.05, 4.69) is 14.9 Å². The van der Waals surface area contributed by atoms with Gasteiger partial charge in [0.05, 0.1) is 18.6 Å². The number of esters is 1. The molecule has 1 heterocycles. The van der Waals surface area contributed by atoms with E-state index in [1.54, 1.807) is 6.08 Å². The molecule has 0 atom stereocenters. The Kier molecular flexibility index (Phi) is 6.51. The molecule has 1 fully saturated rings. The van der Waals surface area contributed by atoms with Crippen LogP contribution in [0.2, 0.25) is 0 Å². The lowest BCUT2D eigenvalue weighted by Gasteiger charge is -2.14. The summed E-state index contributed by atoms with van der Waals surface area (Å²) in [6.45, 7) is 2.22. The van der Waals surface area contributed by atoms with Gasteiger partial charge in [-0.15, -0.1) is 5.10 Å². The van der Waals surface area contributed by atoms with Gasteiger partial charge in [0.25, 0.3) is 5.91 Å². The van der Waals surface area contributed by atoms with Crippen LogP contribution in [0.1, 0.15) is 12.5 Å². The molecular weight excluding hydrogens is 326 g/mol. The smallest absolute Gasteiger partial charge is 0.331 e. The zero-order valence-electron chi connectivity index (χ0n) is 13.4. The number of hydrogen-bond donors (Lipinski definition) is 0. The van der Waals surface area contributed by atoms with Gasteiger partial charge in [0.15, 0.2) is 5.17 Å². The largest absolute Gasteiger partial charge is 0.466 e. The van der Waals surface area contributed by atoms with Crippen molar-refractivity contribution in [2.75, 3.05) is 7.11 Å². The van der Waals surface area contributed by atoms with Gasteiger partial charge in [-0.05, 0) is 30.3 Å². The zero-order valence-corrected chi connectivity index (χ0v) is 14.2. The van der Waals surface area contributed by atoms with Crippen molar-refractivity contribution in [3.63, 3.8) is 0 Å². The zero-order chi connectivity index (χ0) is 17.4. The Hall–Kier alpha value is -2.67. The standard InChI is InChI=1S/C17H17N3O3S/c1-3-4-10-18-19-17-20(12-13-8-6-5-7-9-13)16(22)14(24-17)11-15(21)23-2/h3-11H,12H2,1-2H3/b4-3+,14-11-,18-10+,19-17-. The number of methoxy groups -OCH3 is 1. The molecular formula is C17H17N3O3S. The molecule has 0 bridgehead atoms. The van der Waals surface area contributed by atoms with Crippen molar-refractivity contribution in [1.29, 1.82) is 0 Å².